The van der Waals surface area contributed by atoms with Gasteiger partial charge >= 0.3 is 0 Å². The van der Waals surface area contributed by atoms with Crippen molar-refractivity contribution < 1.29 is 14.4 Å². The summed E-state index contributed by atoms with van der Waals surface area (Å²) in [6.07, 6.45) is 2.23. The monoisotopic (exact) mass is 288 g/mol. The molecule has 1 aliphatic rings. The first kappa shape index (κ1) is 15.1. The molecule has 1 heterocycles. The molecule has 1 aliphatic heterocycles. The van der Waals surface area contributed by atoms with Gasteiger partial charge in [-0.25, -0.2) is 0 Å². The lowest BCUT2D eigenvalue weighted by molar-refractivity contribution is -0.130. The van der Waals surface area contributed by atoms with Gasteiger partial charge in [-0.1, -0.05) is 23.4 Å². The van der Waals surface area contributed by atoms with E-state index >= 15 is 0 Å². The number of hydrogen-bond acceptors (Lipinski definition) is 4. The Morgan fingerprint density at radius 3 is 3.00 bits per heavy atom. The van der Waals surface area contributed by atoms with Crippen LogP contribution in [-0.4, -0.2) is 42.8 Å². The molecule has 0 aromatic heterocycles. The van der Waals surface area contributed by atoms with E-state index in [1.807, 2.05) is 24.3 Å². The van der Waals surface area contributed by atoms with Crippen molar-refractivity contribution in [2.75, 3.05) is 20.2 Å². The Bertz CT molecular complexity index is 554. The third kappa shape index (κ3) is 3.62. The minimum atomic E-state index is -0.131. The second kappa shape index (κ2) is 6.92. The molecule has 0 fully saturated rings. The number of nitrogens with zero attached hydrogens (tertiary/aromatic N) is 2. The van der Waals surface area contributed by atoms with Gasteiger partial charge in [-0.05, 0) is 12.1 Å². The standard InChI is InChI=1S/C16H20N2O3/c1-4-9-18(12(2)19)11-13-10-15(17-21-13)14-7-5-6-8-16(14)20-3/h4-8,13H,1,9-11H2,2-3H3. The van der Waals surface area contributed by atoms with E-state index in [2.05, 4.69) is 11.7 Å². The van der Waals surface area contributed by atoms with Crippen molar-refractivity contribution >= 4 is 11.6 Å². The summed E-state index contributed by atoms with van der Waals surface area (Å²) in [6.45, 7) is 6.22. The van der Waals surface area contributed by atoms with E-state index in [1.54, 1.807) is 25.0 Å². The van der Waals surface area contributed by atoms with Gasteiger partial charge in [-0.3, -0.25) is 4.79 Å². The van der Waals surface area contributed by atoms with Gasteiger partial charge in [0.25, 0.3) is 0 Å². The van der Waals surface area contributed by atoms with Crippen LogP contribution < -0.4 is 4.74 Å². The van der Waals surface area contributed by atoms with Gasteiger partial charge in [-0.15, -0.1) is 6.58 Å². The maximum atomic E-state index is 11.5. The molecule has 1 atom stereocenters. The molecule has 0 bridgehead atoms. The summed E-state index contributed by atoms with van der Waals surface area (Å²) < 4.78 is 5.34. The number of amides is 1. The fraction of sp³-hybridized carbons (Fsp3) is 0.375. The maximum Gasteiger partial charge on any atom is 0.219 e. The van der Waals surface area contributed by atoms with E-state index in [-0.39, 0.29) is 12.0 Å². The lowest BCUT2D eigenvalue weighted by Gasteiger charge is -2.21. The summed E-state index contributed by atoms with van der Waals surface area (Å²) in [5.41, 5.74) is 1.78. The first-order valence-electron chi connectivity index (χ1n) is 6.88. The third-order valence-corrected chi connectivity index (χ3v) is 3.37. The first-order valence-corrected chi connectivity index (χ1v) is 6.88. The summed E-state index contributed by atoms with van der Waals surface area (Å²) in [7, 11) is 1.63. The first-order chi connectivity index (χ1) is 10.2. The van der Waals surface area contributed by atoms with Crippen LogP contribution in [0.3, 0.4) is 0 Å². The quantitative estimate of drug-likeness (QED) is 0.754. The van der Waals surface area contributed by atoms with E-state index in [0.29, 0.717) is 19.5 Å². The molecule has 0 N–H and O–H groups in total. The minimum absolute atomic E-state index is 0.00393. The molecule has 1 aromatic rings. The highest BCUT2D eigenvalue weighted by Crippen LogP contribution is 2.24. The number of carbonyl (C=O) groups excluding carboxylic acids is 1. The van der Waals surface area contributed by atoms with Crippen molar-refractivity contribution in [1.29, 1.82) is 0 Å². The van der Waals surface area contributed by atoms with Crippen molar-refractivity contribution in [3.63, 3.8) is 0 Å². The van der Waals surface area contributed by atoms with Crippen molar-refractivity contribution in [3.8, 4) is 5.75 Å². The average Bonchev–Trinajstić information content (AvgIpc) is 2.95. The summed E-state index contributed by atoms with van der Waals surface area (Å²) in [4.78, 5) is 18.7. The topological polar surface area (TPSA) is 51.1 Å². The maximum absolute atomic E-state index is 11.5. The Labute approximate surface area is 124 Å². The number of carbonyl (C=O) groups is 1. The van der Waals surface area contributed by atoms with Crippen LogP contribution in [0.25, 0.3) is 0 Å². The number of para-hydroxylation sites is 1. The molecular weight excluding hydrogens is 268 g/mol. The Balaban J connectivity index is 2.02. The van der Waals surface area contributed by atoms with Crippen molar-refractivity contribution in [1.82, 2.24) is 4.90 Å². The van der Waals surface area contributed by atoms with Crippen LogP contribution in [0.1, 0.15) is 18.9 Å². The van der Waals surface area contributed by atoms with E-state index in [9.17, 15) is 4.79 Å². The molecule has 21 heavy (non-hydrogen) atoms. The molecule has 0 spiro atoms. The normalized spacial score (nSPS) is 16.9. The zero-order valence-corrected chi connectivity index (χ0v) is 12.4. The highest BCUT2D eigenvalue weighted by molar-refractivity contribution is 6.03. The molecule has 2 rings (SSSR count). The van der Waals surface area contributed by atoms with Crippen molar-refractivity contribution in [2.24, 2.45) is 5.16 Å². The van der Waals surface area contributed by atoms with Crippen LogP contribution in [0.2, 0.25) is 0 Å². The second-order valence-electron chi connectivity index (χ2n) is 4.88. The van der Waals surface area contributed by atoms with Crippen LogP contribution >= 0.6 is 0 Å². The van der Waals surface area contributed by atoms with Crippen LogP contribution in [0.5, 0.6) is 5.75 Å². The molecule has 0 aliphatic carbocycles. The average molecular weight is 288 g/mol. The number of methoxy groups -OCH3 is 1. The van der Waals surface area contributed by atoms with Gasteiger partial charge in [0.15, 0.2) is 6.10 Å². The van der Waals surface area contributed by atoms with Crippen molar-refractivity contribution in [3.05, 3.63) is 42.5 Å². The van der Waals surface area contributed by atoms with E-state index in [4.69, 9.17) is 9.57 Å². The number of oxime groups is 1. The predicted molar refractivity (Wildman–Crippen MR) is 81.5 cm³/mol. The molecule has 0 radical (unpaired) electrons. The third-order valence-electron chi connectivity index (χ3n) is 3.37. The molecule has 112 valence electrons. The lowest BCUT2D eigenvalue weighted by Crippen LogP contribution is -2.36. The summed E-state index contributed by atoms with van der Waals surface area (Å²) in [5, 5.41) is 4.14. The number of hydrogen-bond donors (Lipinski definition) is 0. The molecule has 0 saturated heterocycles. The Hall–Kier alpha value is -2.30. The summed E-state index contributed by atoms with van der Waals surface area (Å²) >= 11 is 0. The molecule has 5 nitrogen and oxygen atoms in total. The number of ether oxygens (including phenoxy) is 1. The predicted octanol–water partition coefficient (Wildman–Crippen LogP) is 2.22. The fourth-order valence-corrected chi connectivity index (χ4v) is 2.30. The fourth-order valence-electron chi connectivity index (χ4n) is 2.30. The van der Waals surface area contributed by atoms with Crippen LogP contribution in [0.15, 0.2) is 42.1 Å². The van der Waals surface area contributed by atoms with Crippen LogP contribution in [-0.2, 0) is 9.63 Å². The molecular formula is C16H20N2O3. The Kier molecular flexibility index (Phi) is 4.98. The van der Waals surface area contributed by atoms with Gasteiger partial charge in [0.1, 0.15) is 5.75 Å². The summed E-state index contributed by atoms with van der Waals surface area (Å²) in [6, 6.07) is 7.70. The van der Waals surface area contributed by atoms with E-state index in [0.717, 1.165) is 17.0 Å². The van der Waals surface area contributed by atoms with Gasteiger partial charge in [-0.2, -0.15) is 0 Å². The Morgan fingerprint density at radius 2 is 2.33 bits per heavy atom. The van der Waals surface area contributed by atoms with Crippen molar-refractivity contribution in [2.45, 2.75) is 19.4 Å². The van der Waals surface area contributed by atoms with Crippen LogP contribution in [0.4, 0.5) is 0 Å². The largest absolute Gasteiger partial charge is 0.496 e. The second-order valence-corrected chi connectivity index (χ2v) is 4.88. The van der Waals surface area contributed by atoms with Gasteiger partial charge in [0.05, 0.1) is 19.4 Å². The zero-order valence-electron chi connectivity index (χ0n) is 12.4. The highest BCUT2D eigenvalue weighted by atomic mass is 16.6. The summed E-state index contributed by atoms with van der Waals surface area (Å²) in [5.74, 6) is 0.777. The van der Waals surface area contributed by atoms with E-state index < -0.39 is 0 Å². The Morgan fingerprint density at radius 1 is 1.57 bits per heavy atom. The van der Waals surface area contributed by atoms with Crippen LogP contribution in [0, 0.1) is 0 Å². The molecule has 1 unspecified atom stereocenters. The minimum Gasteiger partial charge on any atom is -0.496 e. The molecule has 0 saturated carbocycles. The van der Waals surface area contributed by atoms with Gasteiger partial charge in [0.2, 0.25) is 5.91 Å². The highest BCUT2D eigenvalue weighted by Gasteiger charge is 2.26. The number of rotatable bonds is 6. The smallest absolute Gasteiger partial charge is 0.219 e. The SMILES string of the molecule is C=CCN(CC1CC(c2ccccc2OC)=NO1)C(C)=O. The van der Waals surface area contributed by atoms with Gasteiger partial charge in [0, 0.05) is 25.5 Å². The molecule has 5 heteroatoms. The lowest BCUT2D eigenvalue weighted by atomic mass is 10.0. The van der Waals surface area contributed by atoms with Gasteiger partial charge < -0.3 is 14.5 Å². The molecule has 1 aromatic carbocycles. The zero-order chi connectivity index (χ0) is 15.2. The molecule has 1 amide bonds. The van der Waals surface area contributed by atoms with E-state index in [1.165, 1.54) is 0 Å². The number of benzene rings is 1.